The van der Waals surface area contributed by atoms with Crippen LogP contribution in [0.2, 0.25) is 0 Å². The number of aromatic nitrogens is 1. The van der Waals surface area contributed by atoms with Gasteiger partial charge in [0.05, 0.1) is 5.41 Å². The van der Waals surface area contributed by atoms with E-state index in [1.165, 1.54) is 19.3 Å². The van der Waals surface area contributed by atoms with Crippen molar-refractivity contribution in [1.82, 2.24) is 4.98 Å². The van der Waals surface area contributed by atoms with E-state index in [9.17, 15) is 4.79 Å². The summed E-state index contributed by atoms with van der Waals surface area (Å²) >= 11 is 3.95. The van der Waals surface area contributed by atoms with E-state index in [0.717, 1.165) is 31.1 Å². The summed E-state index contributed by atoms with van der Waals surface area (Å²) in [4.78, 5) is 17.1. The zero-order valence-electron chi connectivity index (χ0n) is 11.4. The summed E-state index contributed by atoms with van der Waals surface area (Å²) in [5, 5.41) is 3.05. The molecule has 0 spiro atoms. The fourth-order valence-electron chi connectivity index (χ4n) is 5.10. The molecule has 4 aliphatic carbocycles. The number of anilines is 1. The monoisotopic (exact) mass is 334 g/mol. The van der Waals surface area contributed by atoms with Crippen LogP contribution in [0.3, 0.4) is 0 Å². The Hall–Kier alpha value is -0.900. The van der Waals surface area contributed by atoms with Gasteiger partial charge in [-0.1, -0.05) is 22.0 Å². The molecule has 0 aliphatic heterocycles. The molecule has 2 unspecified atom stereocenters. The quantitative estimate of drug-likeness (QED) is 0.837. The first-order chi connectivity index (χ1) is 9.57. The van der Waals surface area contributed by atoms with Crippen LogP contribution in [0.1, 0.15) is 38.5 Å². The van der Waals surface area contributed by atoms with Crippen LogP contribution in [0.4, 0.5) is 5.82 Å². The molecule has 1 amide bonds. The third kappa shape index (κ3) is 2.00. The van der Waals surface area contributed by atoms with Gasteiger partial charge in [-0.3, -0.25) is 4.79 Å². The van der Waals surface area contributed by atoms with E-state index in [1.54, 1.807) is 6.20 Å². The van der Waals surface area contributed by atoms with Crippen LogP contribution in [0.5, 0.6) is 0 Å². The van der Waals surface area contributed by atoms with Crippen LogP contribution in [-0.2, 0) is 4.79 Å². The Morgan fingerprint density at radius 3 is 2.60 bits per heavy atom. The van der Waals surface area contributed by atoms with Crippen molar-refractivity contribution in [3.8, 4) is 0 Å². The van der Waals surface area contributed by atoms with E-state index >= 15 is 0 Å². The summed E-state index contributed by atoms with van der Waals surface area (Å²) in [6.07, 6.45) is 8.67. The molecule has 0 saturated heterocycles. The lowest BCUT2D eigenvalue weighted by atomic mass is 9.49. The lowest BCUT2D eigenvalue weighted by Gasteiger charge is -2.59. The maximum Gasteiger partial charge on any atom is 0.231 e. The molecule has 1 heterocycles. The number of nitrogens with zero attached hydrogens (tertiary/aromatic N) is 1. The smallest absolute Gasteiger partial charge is 0.231 e. The predicted octanol–water partition coefficient (Wildman–Crippen LogP) is 3.75. The van der Waals surface area contributed by atoms with Crippen molar-refractivity contribution in [3.05, 3.63) is 24.4 Å². The van der Waals surface area contributed by atoms with Gasteiger partial charge in [-0.15, -0.1) is 0 Å². The van der Waals surface area contributed by atoms with Crippen LogP contribution < -0.4 is 5.32 Å². The highest BCUT2D eigenvalue weighted by molar-refractivity contribution is 9.10. The number of rotatable bonds is 2. The number of hydrogen-bond donors (Lipinski definition) is 1. The molecular weight excluding hydrogens is 316 g/mol. The van der Waals surface area contributed by atoms with E-state index in [-0.39, 0.29) is 15.6 Å². The molecule has 0 radical (unpaired) electrons. The predicted molar refractivity (Wildman–Crippen MR) is 81.6 cm³/mol. The minimum atomic E-state index is -0.162. The molecule has 5 rings (SSSR count). The van der Waals surface area contributed by atoms with E-state index in [1.807, 2.05) is 18.2 Å². The molecule has 4 bridgehead atoms. The Kier molecular flexibility index (Phi) is 2.75. The Balaban J connectivity index is 1.60. The molecular formula is C16H19BrN2O. The van der Waals surface area contributed by atoms with Gasteiger partial charge in [-0.05, 0) is 62.5 Å². The van der Waals surface area contributed by atoms with Gasteiger partial charge in [0.2, 0.25) is 5.91 Å². The number of carbonyl (C=O) groups is 1. The van der Waals surface area contributed by atoms with E-state index in [4.69, 9.17) is 0 Å². The number of pyridine rings is 1. The summed E-state index contributed by atoms with van der Waals surface area (Å²) in [6.45, 7) is 0. The maximum absolute atomic E-state index is 12.8. The van der Waals surface area contributed by atoms with Gasteiger partial charge in [-0.25, -0.2) is 4.98 Å². The van der Waals surface area contributed by atoms with Gasteiger partial charge in [-0.2, -0.15) is 0 Å². The number of hydrogen-bond acceptors (Lipinski definition) is 2. The summed E-state index contributed by atoms with van der Waals surface area (Å²) in [5.74, 6) is 2.32. The standard InChI is InChI=1S/C16H19BrN2O/c17-16-8-11-5-12(9-16)7-15(6-11,10-16)14(20)19-13-3-1-2-4-18-13/h1-4,11-12H,5-10H2,(H,18,19,20)/t11-,12+,15?,16?. The normalized spacial score (nSPS) is 41.6. The van der Waals surface area contributed by atoms with Crippen molar-refractivity contribution < 1.29 is 4.79 Å². The van der Waals surface area contributed by atoms with Gasteiger partial charge < -0.3 is 5.32 Å². The molecule has 1 aromatic heterocycles. The maximum atomic E-state index is 12.8. The van der Waals surface area contributed by atoms with Crippen molar-refractivity contribution in [2.24, 2.45) is 17.3 Å². The average molecular weight is 335 g/mol. The largest absolute Gasteiger partial charge is 0.310 e. The van der Waals surface area contributed by atoms with Crippen molar-refractivity contribution in [3.63, 3.8) is 0 Å². The van der Waals surface area contributed by atoms with Gasteiger partial charge in [0.25, 0.3) is 0 Å². The number of halogens is 1. The van der Waals surface area contributed by atoms with E-state index in [2.05, 4.69) is 26.2 Å². The highest BCUT2D eigenvalue weighted by Crippen LogP contribution is 2.64. The number of nitrogens with one attached hydrogen (secondary N) is 1. The summed E-state index contributed by atoms with van der Waals surface area (Å²) in [6, 6.07) is 5.64. The van der Waals surface area contributed by atoms with Crippen molar-refractivity contribution in [1.29, 1.82) is 0 Å². The first-order valence-corrected chi connectivity index (χ1v) is 8.28. The summed E-state index contributed by atoms with van der Waals surface area (Å²) < 4.78 is 0.221. The van der Waals surface area contributed by atoms with Gasteiger partial charge >= 0.3 is 0 Å². The third-order valence-electron chi connectivity index (χ3n) is 5.38. The fourth-order valence-corrected chi connectivity index (χ4v) is 6.55. The minimum Gasteiger partial charge on any atom is -0.310 e. The zero-order valence-corrected chi connectivity index (χ0v) is 13.0. The first kappa shape index (κ1) is 12.8. The Morgan fingerprint density at radius 2 is 2.00 bits per heavy atom. The third-order valence-corrected chi connectivity index (χ3v) is 6.31. The molecule has 106 valence electrons. The zero-order chi connectivity index (χ0) is 13.8. The van der Waals surface area contributed by atoms with Crippen LogP contribution in [-0.4, -0.2) is 15.2 Å². The topological polar surface area (TPSA) is 42.0 Å². The summed E-state index contributed by atoms with van der Waals surface area (Å²) in [7, 11) is 0. The number of carbonyl (C=O) groups excluding carboxylic acids is 1. The molecule has 20 heavy (non-hydrogen) atoms. The van der Waals surface area contributed by atoms with E-state index < -0.39 is 0 Å². The molecule has 4 saturated carbocycles. The molecule has 1 aromatic rings. The molecule has 1 N–H and O–H groups in total. The van der Waals surface area contributed by atoms with Crippen LogP contribution >= 0.6 is 15.9 Å². The first-order valence-electron chi connectivity index (χ1n) is 7.48. The lowest BCUT2D eigenvalue weighted by molar-refractivity contribution is -0.138. The van der Waals surface area contributed by atoms with Gasteiger partial charge in [0.15, 0.2) is 0 Å². The van der Waals surface area contributed by atoms with Crippen LogP contribution in [0, 0.1) is 17.3 Å². The van der Waals surface area contributed by atoms with Crippen molar-refractivity contribution in [2.75, 3.05) is 5.32 Å². The Bertz CT molecular complexity index is 531. The molecule has 3 nitrogen and oxygen atoms in total. The lowest BCUT2D eigenvalue weighted by Crippen LogP contribution is -2.57. The molecule has 4 fully saturated rings. The van der Waals surface area contributed by atoms with Gasteiger partial charge in [0, 0.05) is 10.5 Å². The highest BCUT2D eigenvalue weighted by Gasteiger charge is 2.59. The highest BCUT2D eigenvalue weighted by atomic mass is 79.9. The number of alkyl halides is 1. The number of amides is 1. The van der Waals surface area contributed by atoms with Gasteiger partial charge in [0.1, 0.15) is 5.82 Å². The minimum absolute atomic E-state index is 0.162. The summed E-state index contributed by atoms with van der Waals surface area (Å²) in [5.41, 5.74) is -0.162. The molecule has 4 atom stereocenters. The van der Waals surface area contributed by atoms with Crippen LogP contribution in [0.15, 0.2) is 24.4 Å². The average Bonchev–Trinajstić information content (AvgIpc) is 2.37. The Labute approximate surface area is 127 Å². The van der Waals surface area contributed by atoms with Crippen molar-refractivity contribution in [2.45, 2.75) is 42.8 Å². The fraction of sp³-hybridized carbons (Fsp3) is 0.625. The second kappa shape index (κ2) is 4.30. The second-order valence-electron chi connectivity index (χ2n) is 7.06. The SMILES string of the molecule is O=C(Nc1ccccn1)C12C[C@@H]3C[C@@H](CC(Br)(C3)C1)C2. The molecule has 4 aliphatic rings. The second-order valence-corrected chi connectivity index (χ2v) is 8.74. The van der Waals surface area contributed by atoms with E-state index in [0.29, 0.717) is 5.82 Å². The molecule has 0 aromatic carbocycles. The molecule has 4 heteroatoms. The van der Waals surface area contributed by atoms with Crippen LogP contribution in [0.25, 0.3) is 0 Å². The Morgan fingerprint density at radius 1 is 1.25 bits per heavy atom. The van der Waals surface area contributed by atoms with Crippen molar-refractivity contribution >= 4 is 27.7 Å².